The summed E-state index contributed by atoms with van der Waals surface area (Å²) in [5, 5.41) is 2.83. The van der Waals surface area contributed by atoms with Gasteiger partial charge in [-0.25, -0.2) is 0 Å². The van der Waals surface area contributed by atoms with Gasteiger partial charge in [-0.05, 0) is 0 Å². The Morgan fingerprint density at radius 2 is 1.48 bits per heavy atom. The molecule has 0 bridgehead atoms. The Bertz CT molecular complexity index is 681. The molecule has 0 aliphatic heterocycles. The molecule has 106 valence electrons. The van der Waals surface area contributed by atoms with Crippen molar-refractivity contribution in [3.63, 3.8) is 0 Å². The van der Waals surface area contributed by atoms with Gasteiger partial charge in [0.15, 0.2) is 0 Å². The standard InChI is InChI=1S/C17H17N2PSe/c21-20(16-7-3-1-4-8-16,17-9-5-2-6-10-17)14-13-19-12-11-18-15-19/h1-12,15H,13-14H2. The van der Waals surface area contributed by atoms with E-state index in [1.54, 1.807) is 0 Å². The van der Waals surface area contributed by atoms with Gasteiger partial charge in [0.25, 0.3) is 0 Å². The fourth-order valence-corrected chi connectivity index (χ4v) is 7.10. The molecule has 1 aromatic heterocycles. The van der Waals surface area contributed by atoms with Crippen LogP contribution in [0.4, 0.5) is 0 Å². The van der Waals surface area contributed by atoms with Gasteiger partial charge in [-0.1, -0.05) is 0 Å². The summed E-state index contributed by atoms with van der Waals surface area (Å²) in [7, 11) is 0. The monoisotopic (exact) mass is 360 g/mol. The molecule has 1 heterocycles. The summed E-state index contributed by atoms with van der Waals surface area (Å²) in [5.41, 5.74) is -1.49. The molecule has 2 aromatic carbocycles. The van der Waals surface area contributed by atoms with Gasteiger partial charge >= 0.3 is 133 Å². The average molecular weight is 359 g/mol. The fraction of sp³-hybridized carbons (Fsp3) is 0.118. The first kappa shape index (κ1) is 14.5. The van der Waals surface area contributed by atoms with Gasteiger partial charge in [0, 0.05) is 0 Å². The van der Waals surface area contributed by atoms with E-state index in [4.69, 9.17) is 0 Å². The summed E-state index contributed by atoms with van der Waals surface area (Å²) >= 11 is 3.56. The van der Waals surface area contributed by atoms with Crippen LogP contribution in [0.15, 0.2) is 79.4 Å². The third kappa shape index (κ3) is 3.27. The van der Waals surface area contributed by atoms with Crippen LogP contribution >= 0.6 is 5.51 Å². The number of aryl methyl sites for hydroxylation is 1. The molecule has 0 saturated heterocycles. The molecule has 0 radical (unpaired) electrons. The van der Waals surface area contributed by atoms with Crippen molar-refractivity contribution >= 4 is 31.2 Å². The Balaban J connectivity index is 1.97. The van der Waals surface area contributed by atoms with Gasteiger partial charge in [0.1, 0.15) is 0 Å². The summed E-state index contributed by atoms with van der Waals surface area (Å²) in [4.78, 5) is 4.13. The molecule has 0 amide bonds. The number of aromatic nitrogens is 2. The van der Waals surface area contributed by atoms with E-state index in [9.17, 15) is 0 Å². The van der Waals surface area contributed by atoms with Crippen LogP contribution in [0.25, 0.3) is 0 Å². The molecular formula is C17H17N2PSe. The third-order valence-corrected chi connectivity index (χ3v) is 10.5. The van der Waals surface area contributed by atoms with Crippen LogP contribution in [0.2, 0.25) is 0 Å². The fourth-order valence-electron chi connectivity index (χ4n) is 2.42. The zero-order valence-electron chi connectivity index (χ0n) is 11.7. The maximum absolute atomic E-state index is 4.13. The quantitative estimate of drug-likeness (QED) is 0.506. The second-order valence-electron chi connectivity index (χ2n) is 4.93. The van der Waals surface area contributed by atoms with E-state index >= 15 is 0 Å². The predicted molar refractivity (Wildman–Crippen MR) is 91.9 cm³/mol. The van der Waals surface area contributed by atoms with Gasteiger partial charge in [-0.3, -0.25) is 0 Å². The van der Waals surface area contributed by atoms with E-state index < -0.39 is 5.51 Å². The zero-order chi connectivity index (χ0) is 14.5. The Kier molecular flexibility index (Phi) is 4.55. The number of hydrogen-bond donors (Lipinski definition) is 0. The first-order chi connectivity index (χ1) is 10.3. The molecule has 0 aliphatic carbocycles. The molecule has 0 unspecified atom stereocenters. The van der Waals surface area contributed by atoms with Crippen molar-refractivity contribution in [1.82, 2.24) is 9.55 Å². The number of rotatable bonds is 5. The summed E-state index contributed by atoms with van der Waals surface area (Å²) in [5.74, 6) is 0. The van der Waals surface area contributed by atoms with E-state index in [0.29, 0.717) is 0 Å². The molecule has 0 spiro atoms. The van der Waals surface area contributed by atoms with Crippen molar-refractivity contribution in [1.29, 1.82) is 0 Å². The molecule has 0 atom stereocenters. The van der Waals surface area contributed by atoms with Crippen molar-refractivity contribution in [2.24, 2.45) is 0 Å². The third-order valence-electron chi connectivity index (χ3n) is 3.58. The number of imidazole rings is 1. The zero-order valence-corrected chi connectivity index (χ0v) is 14.3. The van der Waals surface area contributed by atoms with Crippen LogP contribution in [0, 0.1) is 0 Å². The second kappa shape index (κ2) is 6.58. The molecule has 0 aliphatic rings. The van der Waals surface area contributed by atoms with Gasteiger partial charge in [-0.15, -0.1) is 0 Å². The molecule has 2 nitrogen and oxygen atoms in total. The first-order valence-electron chi connectivity index (χ1n) is 6.95. The molecule has 0 fully saturated rings. The van der Waals surface area contributed by atoms with Gasteiger partial charge in [0.2, 0.25) is 0 Å². The normalized spacial score (nSPS) is 11.4. The minimum atomic E-state index is -1.49. The van der Waals surface area contributed by atoms with Crippen molar-refractivity contribution in [3.05, 3.63) is 79.4 Å². The number of benzene rings is 2. The molecular weight excluding hydrogens is 342 g/mol. The van der Waals surface area contributed by atoms with Crippen molar-refractivity contribution in [3.8, 4) is 0 Å². The van der Waals surface area contributed by atoms with Crippen molar-refractivity contribution in [2.45, 2.75) is 6.54 Å². The van der Waals surface area contributed by atoms with Crippen LogP contribution in [0.3, 0.4) is 0 Å². The van der Waals surface area contributed by atoms with Gasteiger partial charge in [0.05, 0.1) is 0 Å². The van der Waals surface area contributed by atoms with Crippen LogP contribution in [-0.4, -0.2) is 30.8 Å². The molecule has 4 heteroatoms. The minimum absolute atomic E-state index is 0.977. The summed E-state index contributed by atoms with van der Waals surface area (Å²) < 4.78 is 2.15. The maximum atomic E-state index is 4.13. The van der Waals surface area contributed by atoms with Crippen LogP contribution in [-0.2, 0) is 6.54 Å². The molecule has 0 saturated carbocycles. The van der Waals surface area contributed by atoms with E-state index in [-0.39, 0.29) is 0 Å². The Hall–Kier alpha value is -1.40. The summed E-state index contributed by atoms with van der Waals surface area (Å²) in [6, 6.07) is 21.6. The molecule has 0 N–H and O–H groups in total. The topological polar surface area (TPSA) is 17.8 Å². The summed E-state index contributed by atoms with van der Waals surface area (Å²) in [6.07, 6.45) is 6.85. The second-order valence-corrected chi connectivity index (χ2v) is 11.8. The van der Waals surface area contributed by atoms with E-state index in [1.807, 2.05) is 18.7 Å². The van der Waals surface area contributed by atoms with E-state index in [1.165, 1.54) is 10.6 Å². The van der Waals surface area contributed by atoms with Gasteiger partial charge < -0.3 is 0 Å². The van der Waals surface area contributed by atoms with Crippen LogP contribution < -0.4 is 10.6 Å². The first-order valence-corrected chi connectivity index (χ1v) is 11.1. The predicted octanol–water partition coefficient (Wildman–Crippen LogP) is 2.64. The SMILES string of the molecule is [Se]=P(CCn1ccnc1)(c1ccccc1)c1ccccc1. The molecule has 21 heavy (non-hydrogen) atoms. The summed E-state index contributed by atoms with van der Waals surface area (Å²) in [6.45, 7) is 0.977. The number of hydrogen-bond acceptors (Lipinski definition) is 1. The van der Waals surface area contributed by atoms with Crippen molar-refractivity contribution < 1.29 is 0 Å². The molecule has 3 aromatic rings. The Morgan fingerprint density at radius 3 is 1.95 bits per heavy atom. The number of nitrogens with zero attached hydrogens (tertiary/aromatic N) is 2. The Morgan fingerprint density at radius 1 is 0.905 bits per heavy atom. The average Bonchev–Trinajstić information content (AvgIpc) is 3.08. The van der Waals surface area contributed by atoms with Gasteiger partial charge in [-0.2, -0.15) is 0 Å². The van der Waals surface area contributed by atoms with Crippen molar-refractivity contribution in [2.75, 3.05) is 6.16 Å². The van der Waals surface area contributed by atoms with E-state index in [2.05, 4.69) is 85.3 Å². The molecule has 3 rings (SSSR count). The Labute approximate surface area is 133 Å². The van der Waals surface area contributed by atoms with Crippen LogP contribution in [0.5, 0.6) is 0 Å². The van der Waals surface area contributed by atoms with Crippen LogP contribution in [0.1, 0.15) is 0 Å². The van der Waals surface area contributed by atoms with E-state index in [0.717, 1.165) is 12.7 Å².